The maximum atomic E-state index is 12.3. The summed E-state index contributed by atoms with van der Waals surface area (Å²) in [5, 5.41) is 232. The number of nitrogens with one attached hydrogen (secondary N) is 2. The molecule has 0 aliphatic carbocycles. The number of amides is 2. The van der Waals surface area contributed by atoms with E-state index in [1.54, 1.807) is 0 Å². The molecule has 0 aromatic rings. The van der Waals surface area contributed by atoms with Crippen LogP contribution in [0.2, 0.25) is 0 Å². The van der Waals surface area contributed by atoms with E-state index in [4.69, 9.17) is 61.6 Å². The van der Waals surface area contributed by atoms with Gasteiger partial charge in [-0.15, -0.1) is 0 Å². The molecule has 23 N–H and O–H groups in total. The molecule has 7 aliphatic rings. The highest BCUT2D eigenvalue weighted by molar-refractivity contribution is 5.73. The van der Waals surface area contributed by atoms with Crippen LogP contribution in [0.3, 0.4) is 0 Å². The van der Waals surface area contributed by atoms with Crippen molar-refractivity contribution >= 4 is 11.8 Å². The number of carbonyl (C=O) groups is 2. The van der Waals surface area contributed by atoms with Crippen LogP contribution in [0.5, 0.6) is 0 Å². The molecule has 7 rings (SSSR count). The Bertz CT molecular complexity index is 2060. The molecule has 38 nitrogen and oxygen atoms in total. The van der Waals surface area contributed by atoms with Crippen LogP contribution in [0.15, 0.2) is 0 Å². The molecule has 7 aliphatic heterocycles. The SMILES string of the molecule is CC(=O)N[C@@H]1[C@@H](O)[C@H](O[C@@H]2O[C@H](CO[C@H]3O[C@H](CO[C@H]4O[C@H](CO)[C@@H](O)[C@H](O)[C@@H]4O)[C@@H](O)[C@H](O[C@H]4O[C@H](CO)[C@@H](O)[C@H](O)[C@@H]4O)[C@@H]3O)[C@@H](O)[C@H](O[C@H]3O[C@H](CO)[C@@H](O)[C@H](O)[C@@H]3O[C@@H]3O[C@H](CO)[C@@H](O)[C@H](O)[C@H]3NC(C)=O)[C@@H]2O)[C@@H](CO)O[C@H]1O. The lowest BCUT2D eigenvalue weighted by atomic mass is 9.94. The first-order valence-corrected chi connectivity index (χ1v) is 26.6. The van der Waals surface area contributed by atoms with Crippen molar-refractivity contribution in [1.82, 2.24) is 10.6 Å². The van der Waals surface area contributed by atoms with Crippen molar-refractivity contribution in [3.63, 3.8) is 0 Å². The average molecular weight is 1240 g/mol. The lowest BCUT2D eigenvalue weighted by Gasteiger charge is -2.50. The van der Waals surface area contributed by atoms with Gasteiger partial charge in [-0.2, -0.15) is 0 Å². The second-order valence-corrected chi connectivity index (χ2v) is 21.1. The van der Waals surface area contributed by atoms with E-state index in [1.807, 2.05) is 0 Å². The molecule has 2 amide bonds. The number of hydrogen-bond acceptors (Lipinski definition) is 36. The summed E-state index contributed by atoms with van der Waals surface area (Å²) in [5.41, 5.74) is 0. The molecule has 38 heteroatoms. The fourth-order valence-electron chi connectivity index (χ4n) is 10.6. The molecule has 0 saturated carbocycles. The maximum Gasteiger partial charge on any atom is 0.217 e. The molecular weight excluding hydrogens is 1160 g/mol. The standard InChI is InChI=1S/C46H78N2O36/c1-10(54)47-19-28(63)36(16(7-53)74-40(19)71)81-45-35(70)38(83-46-39(31(66)24(59)15(6-52)78-46)84-41-20(48-11(2)55)27(62)21(56)12(3-49)75-41)26(61)18(80-45)9-73-43-34(69)37(82-44-33(68)30(65)23(58)14(5-51)77-44)25(60)17(79-43)8-72-42-32(67)29(64)22(57)13(4-50)76-42/h12-46,49-53,56-71H,3-9H2,1-2H3,(H,47,54)(H,48,55)/t12-,13-,14-,15-,16-,17-,18-,19-,20-,21-,22-,23-,24-,25-,26-,27-,28-,29+,30+,31+,32+,33+,34+,35+,36-,37+,38+,39+,40-,41+,42+,43+,44-,45+,46-/m1/s1. The number of hydrogen-bond donors (Lipinski definition) is 23. The maximum absolute atomic E-state index is 12.3. The molecule has 84 heavy (non-hydrogen) atoms. The Morgan fingerprint density at radius 3 is 1.15 bits per heavy atom. The summed E-state index contributed by atoms with van der Waals surface area (Å²) in [6.07, 6.45) is -66.0. The number of aliphatic hydroxyl groups is 21. The minimum Gasteiger partial charge on any atom is -0.394 e. The fourth-order valence-corrected chi connectivity index (χ4v) is 10.6. The first-order chi connectivity index (χ1) is 39.7. The van der Waals surface area contributed by atoms with Gasteiger partial charge in [-0.3, -0.25) is 9.59 Å². The van der Waals surface area contributed by atoms with Crippen molar-refractivity contribution in [3.8, 4) is 0 Å². The van der Waals surface area contributed by atoms with Crippen molar-refractivity contribution < 1.29 is 178 Å². The number of carbonyl (C=O) groups excluding carboxylic acids is 2. The van der Waals surface area contributed by atoms with Crippen molar-refractivity contribution in [2.24, 2.45) is 0 Å². The Kier molecular flexibility index (Phi) is 24.6. The van der Waals surface area contributed by atoms with Crippen LogP contribution >= 0.6 is 0 Å². The largest absolute Gasteiger partial charge is 0.394 e. The molecule has 0 bridgehead atoms. The van der Waals surface area contributed by atoms with Gasteiger partial charge in [-0.25, -0.2) is 0 Å². The third-order valence-corrected chi connectivity index (χ3v) is 15.3. The number of aliphatic hydroxyl groups excluding tert-OH is 21. The van der Waals surface area contributed by atoms with E-state index in [-0.39, 0.29) is 0 Å². The molecule has 0 spiro atoms. The zero-order valence-corrected chi connectivity index (χ0v) is 44.7. The summed E-state index contributed by atoms with van der Waals surface area (Å²) in [6.45, 7) is -4.88. The highest BCUT2D eigenvalue weighted by atomic mass is 16.8. The van der Waals surface area contributed by atoms with Gasteiger partial charge in [0.05, 0.1) is 46.2 Å². The third-order valence-electron chi connectivity index (χ3n) is 15.3. The Balaban J connectivity index is 1.21. The van der Waals surface area contributed by atoms with Crippen molar-refractivity contribution in [2.75, 3.05) is 46.2 Å². The monoisotopic (exact) mass is 1230 g/mol. The Labute approximate surface area is 475 Å². The Hall–Kier alpha value is -2.42. The minimum atomic E-state index is -2.38. The highest BCUT2D eigenvalue weighted by Gasteiger charge is 2.58. The quantitative estimate of drug-likeness (QED) is 0.0507. The van der Waals surface area contributed by atoms with E-state index in [0.717, 1.165) is 13.8 Å². The zero-order valence-electron chi connectivity index (χ0n) is 44.7. The van der Waals surface area contributed by atoms with Crippen LogP contribution in [-0.2, 0) is 71.2 Å². The van der Waals surface area contributed by atoms with Gasteiger partial charge in [0.1, 0.15) is 171 Å². The first kappa shape index (κ1) is 69.1. The van der Waals surface area contributed by atoms with Crippen molar-refractivity contribution in [1.29, 1.82) is 0 Å². The summed E-state index contributed by atoms with van der Waals surface area (Å²) >= 11 is 0. The van der Waals surface area contributed by atoms with E-state index in [2.05, 4.69) is 10.6 Å². The average Bonchev–Trinajstić information content (AvgIpc) is 2.10. The highest BCUT2D eigenvalue weighted by Crippen LogP contribution is 2.37. The summed E-state index contributed by atoms with van der Waals surface area (Å²) in [7, 11) is 0. The second kappa shape index (κ2) is 29.9. The molecule has 0 radical (unpaired) electrons. The smallest absolute Gasteiger partial charge is 0.217 e. The van der Waals surface area contributed by atoms with Gasteiger partial charge >= 0.3 is 0 Å². The Morgan fingerprint density at radius 2 is 0.655 bits per heavy atom. The molecular formula is C46H78N2O36. The van der Waals surface area contributed by atoms with Crippen LogP contribution in [0.25, 0.3) is 0 Å². The molecule has 7 heterocycles. The van der Waals surface area contributed by atoms with E-state index in [0.29, 0.717) is 0 Å². The lowest BCUT2D eigenvalue weighted by molar-refractivity contribution is -0.394. The van der Waals surface area contributed by atoms with Crippen molar-refractivity contribution in [3.05, 3.63) is 0 Å². The zero-order chi connectivity index (χ0) is 61.9. The molecule has 0 aromatic carbocycles. The summed E-state index contributed by atoms with van der Waals surface area (Å²) in [6, 6.07) is -3.39. The van der Waals surface area contributed by atoms with Gasteiger partial charge < -0.3 is 179 Å². The van der Waals surface area contributed by atoms with Gasteiger partial charge in [-0.1, -0.05) is 0 Å². The van der Waals surface area contributed by atoms with Crippen molar-refractivity contribution in [2.45, 2.75) is 229 Å². The first-order valence-electron chi connectivity index (χ1n) is 26.6. The summed E-state index contributed by atoms with van der Waals surface area (Å²) < 4.78 is 74.7. The van der Waals surface area contributed by atoms with E-state index in [1.165, 1.54) is 0 Å². The van der Waals surface area contributed by atoms with Crippen LogP contribution < -0.4 is 10.6 Å². The predicted octanol–water partition coefficient (Wildman–Crippen LogP) is -16.0. The third kappa shape index (κ3) is 14.9. The molecule has 7 fully saturated rings. The molecule has 0 aromatic heterocycles. The van der Waals surface area contributed by atoms with Gasteiger partial charge in [-0.05, 0) is 0 Å². The van der Waals surface area contributed by atoms with Gasteiger partial charge in [0.15, 0.2) is 44.0 Å². The number of rotatable bonds is 21. The van der Waals surface area contributed by atoms with E-state index in [9.17, 15) is 117 Å². The second-order valence-electron chi connectivity index (χ2n) is 21.1. The summed E-state index contributed by atoms with van der Waals surface area (Å²) in [4.78, 5) is 24.4. The molecule has 7 saturated heterocycles. The normalized spacial score (nSPS) is 50.3. The van der Waals surface area contributed by atoms with Crippen LogP contribution in [0.4, 0.5) is 0 Å². The minimum absolute atomic E-state index is 0.800. The van der Waals surface area contributed by atoms with E-state index < -0.39 is 273 Å². The molecule has 488 valence electrons. The van der Waals surface area contributed by atoms with Crippen LogP contribution in [-0.4, -0.2) is 380 Å². The predicted molar refractivity (Wildman–Crippen MR) is 255 cm³/mol. The van der Waals surface area contributed by atoms with Gasteiger partial charge in [0, 0.05) is 13.8 Å². The fraction of sp³-hybridized carbons (Fsp3) is 0.957. The van der Waals surface area contributed by atoms with Gasteiger partial charge in [0.25, 0.3) is 0 Å². The Morgan fingerprint density at radius 1 is 0.310 bits per heavy atom. The number of ether oxygens (including phenoxy) is 13. The topological polar surface area (TPSA) is 603 Å². The van der Waals surface area contributed by atoms with Crippen LogP contribution in [0, 0.1) is 0 Å². The van der Waals surface area contributed by atoms with E-state index >= 15 is 0 Å². The van der Waals surface area contributed by atoms with Gasteiger partial charge in [0.2, 0.25) is 11.8 Å². The van der Waals surface area contributed by atoms with Crippen LogP contribution in [0.1, 0.15) is 13.8 Å². The summed E-state index contributed by atoms with van der Waals surface area (Å²) in [5.74, 6) is -1.62. The molecule has 35 atom stereocenters. The lowest BCUT2D eigenvalue weighted by Crippen LogP contribution is -2.69. The molecule has 0 unspecified atom stereocenters.